The second kappa shape index (κ2) is 6.87. The molecule has 4 nitrogen and oxygen atoms in total. The molecular formula is C20H22N2O2. The monoisotopic (exact) mass is 322 g/mol. The van der Waals surface area contributed by atoms with E-state index in [9.17, 15) is 9.59 Å². The van der Waals surface area contributed by atoms with Gasteiger partial charge in [-0.05, 0) is 36.1 Å². The average Bonchev–Trinajstić information content (AvgIpc) is 2.57. The second-order valence-electron chi connectivity index (χ2n) is 6.24. The second-order valence-corrected chi connectivity index (χ2v) is 6.24. The number of hydrogen-bond acceptors (Lipinski definition) is 2. The van der Waals surface area contributed by atoms with Crippen LogP contribution in [0.5, 0.6) is 0 Å². The molecule has 1 N–H and O–H groups in total. The molecule has 1 unspecified atom stereocenters. The van der Waals surface area contributed by atoms with E-state index in [2.05, 4.69) is 11.4 Å². The number of nitrogens with zero attached hydrogens (tertiary/aromatic N) is 1. The third-order valence-corrected chi connectivity index (χ3v) is 4.61. The van der Waals surface area contributed by atoms with Crippen LogP contribution in [0.2, 0.25) is 0 Å². The highest BCUT2D eigenvalue weighted by Gasteiger charge is 2.30. The van der Waals surface area contributed by atoms with E-state index in [4.69, 9.17) is 0 Å². The number of nitrogens with one attached hydrogen (secondary N) is 1. The molecule has 0 saturated heterocycles. The van der Waals surface area contributed by atoms with Crippen molar-refractivity contribution < 1.29 is 9.59 Å². The number of benzene rings is 2. The van der Waals surface area contributed by atoms with Crippen molar-refractivity contribution in [1.82, 2.24) is 4.90 Å². The van der Waals surface area contributed by atoms with Crippen LogP contribution in [0.4, 0.5) is 5.69 Å². The first-order valence-corrected chi connectivity index (χ1v) is 8.27. The molecule has 0 aliphatic carbocycles. The van der Waals surface area contributed by atoms with E-state index < -0.39 is 0 Å². The van der Waals surface area contributed by atoms with Crippen LogP contribution in [-0.4, -0.2) is 23.3 Å². The van der Waals surface area contributed by atoms with Crippen molar-refractivity contribution in [1.29, 1.82) is 0 Å². The lowest BCUT2D eigenvalue weighted by Gasteiger charge is -2.36. The fourth-order valence-electron chi connectivity index (χ4n) is 3.34. The maximum atomic E-state index is 12.6. The molecule has 0 aromatic heterocycles. The Kier molecular flexibility index (Phi) is 4.65. The summed E-state index contributed by atoms with van der Waals surface area (Å²) in [6.07, 6.45) is 1.11. The smallest absolute Gasteiger partial charge is 0.226 e. The Morgan fingerprint density at radius 2 is 1.83 bits per heavy atom. The zero-order chi connectivity index (χ0) is 17.1. The van der Waals surface area contributed by atoms with Gasteiger partial charge >= 0.3 is 0 Å². The summed E-state index contributed by atoms with van der Waals surface area (Å²) in [5, 5.41) is 2.97. The lowest BCUT2D eigenvalue weighted by molar-refractivity contribution is -0.132. The van der Waals surface area contributed by atoms with Gasteiger partial charge in [0.05, 0.1) is 12.5 Å². The first-order chi connectivity index (χ1) is 11.6. The van der Waals surface area contributed by atoms with Gasteiger partial charge in [0.1, 0.15) is 0 Å². The minimum atomic E-state index is -0.198. The summed E-state index contributed by atoms with van der Waals surface area (Å²) in [6.45, 7) is 4.20. The largest absolute Gasteiger partial charge is 0.335 e. The molecule has 1 aliphatic rings. The van der Waals surface area contributed by atoms with Gasteiger partial charge in [-0.2, -0.15) is 0 Å². The third-order valence-electron chi connectivity index (χ3n) is 4.61. The van der Waals surface area contributed by atoms with Crippen molar-refractivity contribution in [3.63, 3.8) is 0 Å². The van der Waals surface area contributed by atoms with Crippen molar-refractivity contribution in [2.75, 3.05) is 11.9 Å². The molecule has 0 bridgehead atoms. The Balaban J connectivity index is 1.82. The maximum Gasteiger partial charge on any atom is 0.226 e. The molecule has 124 valence electrons. The van der Waals surface area contributed by atoms with Gasteiger partial charge in [-0.15, -0.1) is 0 Å². The van der Waals surface area contributed by atoms with Crippen LogP contribution in [-0.2, 0) is 16.0 Å². The molecule has 2 aromatic carbocycles. The van der Waals surface area contributed by atoms with Crippen molar-refractivity contribution in [2.24, 2.45) is 0 Å². The number of para-hydroxylation sites is 1. The number of hydrogen-bond donors (Lipinski definition) is 1. The summed E-state index contributed by atoms with van der Waals surface area (Å²) in [4.78, 5) is 26.4. The van der Waals surface area contributed by atoms with E-state index in [1.165, 1.54) is 5.56 Å². The topological polar surface area (TPSA) is 49.4 Å². The molecule has 2 aromatic rings. The summed E-state index contributed by atoms with van der Waals surface area (Å²) in [7, 11) is 0. The molecule has 1 aliphatic heterocycles. The van der Waals surface area contributed by atoms with Gasteiger partial charge in [-0.1, -0.05) is 42.5 Å². The van der Waals surface area contributed by atoms with Crippen molar-refractivity contribution in [2.45, 2.75) is 32.7 Å². The summed E-state index contributed by atoms with van der Waals surface area (Å²) in [5.41, 5.74) is 4.15. The molecule has 0 saturated carbocycles. The average molecular weight is 322 g/mol. The number of aryl methyl sites for hydroxylation is 1. The summed E-state index contributed by atoms with van der Waals surface area (Å²) in [6, 6.07) is 15.6. The van der Waals surface area contributed by atoms with Gasteiger partial charge < -0.3 is 10.2 Å². The van der Waals surface area contributed by atoms with E-state index in [0.717, 1.165) is 23.2 Å². The Labute approximate surface area is 142 Å². The quantitative estimate of drug-likeness (QED) is 0.940. The fraction of sp³-hybridized carbons (Fsp3) is 0.300. The van der Waals surface area contributed by atoms with E-state index >= 15 is 0 Å². The Hall–Kier alpha value is -2.62. The summed E-state index contributed by atoms with van der Waals surface area (Å²) >= 11 is 0. The van der Waals surface area contributed by atoms with E-state index in [1.807, 2.05) is 49.4 Å². The van der Waals surface area contributed by atoms with E-state index in [-0.39, 0.29) is 24.3 Å². The van der Waals surface area contributed by atoms with Crippen LogP contribution in [0.3, 0.4) is 0 Å². The molecule has 0 fully saturated rings. The van der Waals surface area contributed by atoms with Crippen LogP contribution in [0, 0.1) is 6.92 Å². The first kappa shape index (κ1) is 16.2. The van der Waals surface area contributed by atoms with Gasteiger partial charge in [-0.3, -0.25) is 9.59 Å². The highest BCUT2D eigenvalue weighted by Crippen LogP contribution is 2.32. The summed E-state index contributed by atoms with van der Waals surface area (Å²) in [5.74, 6) is -0.0598. The molecule has 24 heavy (non-hydrogen) atoms. The number of carbonyl (C=O) groups excluding carboxylic acids is 2. The zero-order valence-electron chi connectivity index (χ0n) is 14.1. The maximum absolute atomic E-state index is 12.6. The van der Waals surface area contributed by atoms with E-state index in [0.29, 0.717) is 6.54 Å². The number of fused-ring (bicyclic) bond motifs is 1. The van der Waals surface area contributed by atoms with Crippen LogP contribution in [0.15, 0.2) is 48.5 Å². The first-order valence-electron chi connectivity index (χ1n) is 8.27. The SMILES string of the molecule is CC(=O)N1CCc2ccccc2C1CC(=O)Nc1ccccc1C. The molecule has 1 heterocycles. The number of anilines is 1. The highest BCUT2D eigenvalue weighted by atomic mass is 16.2. The van der Waals surface area contributed by atoms with E-state index in [1.54, 1.807) is 11.8 Å². The predicted octanol–water partition coefficient (Wildman–Crippen LogP) is 3.47. The van der Waals surface area contributed by atoms with Crippen LogP contribution in [0.1, 0.15) is 36.1 Å². The van der Waals surface area contributed by atoms with Crippen molar-refractivity contribution >= 4 is 17.5 Å². The molecule has 0 radical (unpaired) electrons. The molecule has 3 rings (SSSR count). The van der Waals surface area contributed by atoms with Gasteiger partial charge in [-0.25, -0.2) is 0 Å². The Morgan fingerprint density at radius 1 is 1.12 bits per heavy atom. The lowest BCUT2D eigenvalue weighted by Crippen LogP contribution is -2.40. The normalized spacial score (nSPS) is 16.4. The van der Waals surface area contributed by atoms with Crippen LogP contribution >= 0.6 is 0 Å². The molecule has 4 heteroatoms. The van der Waals surface area contributed by atoms with Gasteiger partial charge in [0.2, 0.25) is 11.8 Å². The fourth-order valence-corrected chi connectivity index (χ4v) is 3.34. The highest BCUT2D eigenvalue weighted by molar-refractivity contribution is 5.92. The van der Waals surface area contributed by atoms with Crippen molar-refractivity contribution in [3.8, 4) is 0 Å². The molecule has 1 atom stereocenters. The molecule has 2 amide bonds. The van der Waals surface area contributed by atoms with Gasteiger partial charge in [0.15, 0.2) is 0 Å². The lowest BCUT2D eigenvalue weighted by atomic mass is 9.90. The number of carbonyl (C=O) groups is 2. The minimum Gasteiger partial charge on any atom is -0.335 e. The Bertz CT molecular complexity index is 770. The summed E-state index contributed by atoms with van der Waals surface area (Å²) < 4.78 is 0. The number of amides is 2. The Morgan fingerprint density at radius 3 is 2.58 bits per heavy atom. The van der Waals surface area contributed by atoms with Gasteiger partial charge in [0, 0.05) is 19.2 Å². The zero-order valence-corrected chi connectivity index (χ0v) is 14.1. The molecular weight excluding hydrogens is 300 g/mol. The van der Waals surface area contributed by atoms with Crippen LogP contribution < -0.4 is 5.32 Å². The standard InChI is InChI=1S/C20H22N2O2/c1-14-7-3-6-10-18(14)21-20(24)13-19-17-9-5-4-8-16(17)11-12-22(19)15(2)23/h3-10,19H,11-13H2,1-2H3,(H,21,24). The molecule has 0 spiro atoms. The van der Waals surface area contributed by atoms with Gasteiger partial charge in [0.25, 0.3) is 0 Å². The van der Waals surface area contributed by atoms with Crippen molar-refractivity contribution in [3.05, 3.63) is 65.2 Å². The number of rotatable bonds is 3. The van der Waals surface area contributed by atoms with Crippen LogP contribution in [0.25, 0.3) is 0 Å². The minimum absolute atomic E-state index is 0.0122. The predicted molar refractivity (Wildman–Crippen MR) is 94.7 cm³/mol. The third kappa shape index (κ3) is 3.32.